The summed E-state index contributed by atoms with van der Waals surface area (Å²) in [6.07, 6.45) is -4.91. The second-order valence-corrected chi connectivity index (χ2v) is 7.35. The molecular formula is C11H7BrF3NO3S2. The van der Waals surface area contributed by atoms with Crippen LogP contribution < -0.4 is 9.46 Å². The Labute approximate surface area is 130 Å². The van der Waals surface area contributed by atoms with Crippen molar-refractivity contribution in [3.8, 4) is 5.75 Å². The summed E-state index contributed by atoms with van der Waals surface area (Å²) in [5.41, 5.74) is -0.296. The summed E-state index contributed by atoms with van der Waals surface area (Å²) in [6.45, 7) is 0. The van der Waals surface area contributed by atoms with Crippen molar-refractivity contribution in [1.29, 1.82) is 0 Å². The molecule has 1 heterocycles. The third-order valence-electron chi connectivity index (χ3n) is 2.19. The molecule has 0 fully saturated rings. The van der Waals surface area contributed by atoms with Crippen molar-refractivity contribution in [3.63, 3.8) is 0 Å². The van der Waals surface area contributed by atoms with Crippen molar-refractivity contribution in [2.75, 3.05) is 4.72 Å². The average Bonchev–Trinajstić information content (AvgIpc) is 2.77. The summed E-state index contributed by atoms with van der Waals surface area (Å²) in [5, 5.41) is 1.54. The predicted octanol–water partition coefficient (Wildman–Crippen LogP) is 4.21. The highest BCUT2D eigenvalue weighted by molar-refractivity contribution is 9.10. The molecular weight excluding hydrogens is 395 g/mol. The van der Waals surface area contributed by atoms with Gasteiger partial charge in [0.2, 0.25) is 0 Å². The molecule has 1 aromatic heterocycles. The maximum absolute atomic E-state index is 12.3. The maximum Gasteiger partial charge on any atom is 0.573 e. The van der Waals surface area contributed by atoms with Crippen LogP contribution in [0.1, 0.15) is 0 Å². The zero-order valence-electron chi connectivity index (χ0n) is 10.0. The molecule has 0 saturated heterocycles. The number of hydrogen-bond acceptors (Lipinski definition) is 4. The molecule has 1 aromatic carbocycles. The topological polar surface area (TPSA) is 55.4 Å². The van der Waals surface area contributed by atoms with Crippen LogP contribution in [0.25, 0.3) is 0 Å². The monoisotopic (exact) mass is 401 g/mol. The first-order valence-electron chi connectivity index (χ1n) is 5.29. The predicted molar refractivity (Wildman–Crippen MR) is 76.0 cm³/mol. The number of rotatable bonds is 4. The van der Waals surface area contributed by atoms with Gasteiger partial charge in [-0.2, -0.15) is 0 Å². The van der Waals surface area contributed by atoms with Crippen molar-refractivity contribution >= 4 is 43.0 Å². The number of alkyl halides is 3. The fraction of sp³-hybridized carbons (Fsp3) is 0.0909. The van der Waals surface area contributed by atoms with E-state index >= 15 is 0 Å². The van der Waals surface area contributed by atoms with E-state index in [0.29, 0.717) is 4.47 Å². The number of halogens is 4. The highest BCUT2D eigenvalue weighted by Gasteiger charge is 2.32. The van der Waals surface area contributed by atoms with E-state index in [1.165, 1.54) is 29.6 Å². The molecule has 1 N–H and O–H groups in total. The summed E-state index contributed by atoms with van der Waals surface area (Å²) in [7, 11) is -4.00. The zero-order valence-corrected chi connectivity index (χ0v) is 13.2. The Morgan fingerprint density at radius 3 is 2.43 bits per heavy atom. The van der Waals surface area contributed by atoms with Gasteiger partial charge in [0.1, 0.15) is 0 Å². The number of benzene rings is 1. The number of ether oxygens (including phenoxy) is 1. The molecule has 0 spiro atoms. The minimum Gasteiger partial charge on any atom is -0.404 e. The fourth-order valence-corrected chi connectivity index (χ4v) is 4.84. The highest BCUT2D eigenvalue weighted by Crippen LogP contribution is 2.34. The van der Waals surface area contributed by atoms with Gasteiger partial charge in [0, 0.05) is 4.47 Å². The van der Waals surface area contributed by atoms with E-state index in [1.807, 2.05) is 0 Å². The van der Waals surface area contributed by atoms with Crippen LogP contribution in [0.4, 0.5) is 18.9 Å². The van der Waals surface area contributed by atoms with Gasteiger partial charge in [-0.15, -0.1) is 24.5 Å². The summed E-state index contributed by atoms with van der Waals surface area (Å²) in [5.74, 6) is -0.624. The normalized spacial score (nSPS) is 12.2. The second-order valence-electron chi connectivity index (χ2n) is 3.71. The summed E-state index contributed by atoms with van der Waals surface area (Å²) in [4.78, 5) is 0. The number of para-hydroxylation sites is 2. The number of hydrogen-bond donors (Lipinski definition) is 1. The van der Waals surface area contributed by atoms with Crippen molar-refractivity contribution in [2.45, 2.75) is 10.6 Å². The smallest absolute Gasteiger partial charge is 0.404 e. The van der Waals surface area contributed by atoms with Gasteiger partial charge in [-0.1, -0.05) is 12.1 Å². The number of sulfonamides is 1. The van der Waals surface area contributed by atoms with Crippen molar-refractivity contribution in [2.24, 2.45) is 0 Å². The van der Waals surface area contributed by atoms with Gasteiger partial charge in [0.25, 0.3) is 10.0 Å². The lowest BCUT2D eigenvalue weighted by molar-refractivity contribution is -0.274. The van der Waals surface area contributed by atoms with E-state index in [4.69, 9.17) is 0 Å². The van der Waals surface area contributed by atoms with Gasteiger partial charge in [-0.3, -0.25) is 4.72 Å². The molecule has 2 aromatic rings. The van der Waals surface area contributed by atoms with Crippen LogP contribution >= 0.6 is 27.3 Å². The van der Waals surface area contributed by atoms with Gasteiger partial charge in [0.15, 0.2) is 9.96 Å². The largest absolute Gasteiger partial charge is 0.573 e. The van der Waals surface area contributed by atoms with Crippen LogP contribution in [0, 0.1) is 0 Å². The second kappa shape index (κ2) is 5.85. The molecule has 114 valence electrons. The first-order chi connectivity index (χ1) is 9.69. The first kappa shape index (κ1) is 16.1. The van der Waals surface area contributed by atoms with Crippen LogP contribution in [0.15, 0.2) is 44.4 Å². The van der Waals surface area contributed by atoms with Gasteiger partial charge in [-0.05, 0) is 39.5 Å². The van der Waals surface area contributed by atoms with Crippen LogP contribution in [-0.4, -0.2) is 14.8 Å². The van der Waals surface area contributed by atoms with Gasteiger partial charge in [0.05, 0.1) is 5.69 Å². The molecule has 0 aliphatic heterocycles. The lowest BCUT2D eigenvalue weighted by atomic mass is 10.3. The molecule has 21 heavy (non-hydrogen) atoms. The molecule has 0 bridgehead atoms. The van der Waals surface area contributed by atoms with Crippen molar-refractivity contribution in [3.05, 3.63) is 40.2 Å². The first-order valence-corrected chi connectivity index (χ1v) is 8.45. The van der Waals surface area contributed by atoms with Crippen LogP contribution in [0.3, 0.4) is 0 Å². The maximum atomic E-state index is 12.3. The van der Waals surface area contributed by atoms with E-state index in [1.54, 1.807) is 0 Å². The number of anilines is 1. The van der Waals surface area contributed by atoms with Gasteiger partial charge < -0.3 is 4.74 Å². The van der Waals surface area contributed by atoms with Crippen LogP contribution in [0.2, 0.25) is 0 Å². The van der Waals surface area contributed by atoms with Gasteiger partial charge in [-0.25, -0.2) is 8.42 Å². The van der Waals surface area contributed by atoms with E-state index in [2.05, 4.69) is 25.4 Å². The number of thiophene rings is 1. The Bertz CT molecular complexity index is 743. The Kier molecular flexibility index (Phi) is 4.49. The van der Waals surface area contributed by atoms with Crippen molar-refractivity contribution < 1.29 is 26.3 Å². The Hall–Kier alpha value is -1.26. The quantitative estimate of drug-likeness (QED) is 0.834. The minimum absolute atomic E-state index is 0.0377. The molecule has 0 aliphatic rings. The molecule has 0 aliphatic carbocycles. The van der Waals surface area contributed by atoms with Crippen LogP contribution in [-0.2, 0) is 10.0 Å². The zero-order chi connectivity index (χ0) is 15.7. The summed E-state index contributed by atoms with van der Waals surface area (Å²) in [6, 6.07) is 6.43. The Morgan fingerprint density at radius 2 is 1.86 bits per heavy atom. The molecule has 10 heteroatoms. The molecule has 0 saturated carbocycles. The summed E-state index contributed by atoms with van der Waals surface area (Å²) >= 11 is 4.00. The van der Waals surface area contributed by atoms with Crippen LogP contribution in [0.5, 0.6) is 5.75 Å². The lowest BCUT2D eigenvalue weighted by Crippen LogP contribution is -2.19. The molecule has 0 radical (unpaired) electrons. The SMILES string of the molecule is O=S(=O)(Nc1ccccc1OC(F)(F)F)c1sccc1Br. The third-order valence-corrected chi connectivity index (χ3v) is 6.22. The third kappa shape index (κ3) is 4.11. The minimum atomic E-state index is -4.91. The molecule has 2 rings (SSSR count). The Balaban J connectivity index is 2.34. The molecule has 0 amide bonds. The lowest BCUT2D eigenvalue weighted by Gasteiger charge is -2.14. The fourth-order valence-electron chi connectivity index (χ4n) is 1.43. The molecule has 0 unspecified atom stereocenters. The average molecular weight is 402 g/mol. The van der Waals surface area contributed by atoms with E-state index in [9.17, 15) is 21.6 Å². The van der Waals surface area contributed by atoms with E-state index in [0.717, 1.165) is 17.4 Å². The highest BCUT2D eigenvalue weighted by atomic mass is 79.9. The number of nitrogens with one attached hydrogen (secondary N) is 1. The van der Waals surface area contributed by atoms with E-state index in [-0.39, 0.29) is 9.90 Å². The summed E-state index contributed by atoms with van der Waals surface area (Å²) < 4.78 is 67.3. The standard InChI is InChI=1S/C11H7BrF3NO3S2/c12-7-5-6-20-10(7)21(17,18)16-8-3-1-2-4-9(8)19-11(13,14)15/h1-6,16H. The van der Waals surface area contributed by atoms with E-state index < -0.39 is 22.1 Å². The van der Waals surface area contributed by atoms with Gasteiger partial charge >= 0.3 is 6.36 Å². The molecule has 0 atom stereocenters. The Morgan fingerprint density at radius 1 is 1.19 bits per heavy atom. The van der Waals surface area contributed by atoms with Crippen molar-refractivity contribution in [1.82, 2.24) is 0 Å². The molecule has 4 nitrogen and oxygen atoms in total.